The van der Waals surface area contributed by atoms with Crippen molar-refractivity contribution >= 4 is 23.2 Å². The molecule has 3 atom stereocenters. The van der Waals surface area contributed by atoms with Crippen LogP contribution in [0, 0.1) is 11.8 Å². The van der Waals surface area contributed by atoms with Crippen molar-refractivity contribution in [3.63, 3.8) is 0 Å². The van der Waals surface area contributed by atoms with Crippen LogP contribution in [-0.4, -0.2) is 48.1 Å². The topological polar surface area (TPSA) is 163 Å². The number of phenols is 1. The van der Waals surface area contributed by atoms with Crippen molar-refractivity contribution in [2.75, 3.05) is 0 Å². The monoisotopic (exact) mass is 450 g/mol. The number of aromatic nitrogens is 1. The first-order valence-corrected chi connectivity index (χ1v) is 10.6. The predicted molar refractivity (Wildman–Crippen MR) is 115 cm³/mol. The quantitative estimate of drug-likeness (QED) is 0.440. The molecule has 2 unspecified atom stereocenters. The van der Waals surface area contributed by atoms with E-state index in [1.807, 2.05) is 29.1 Å². The van der Waals surface area contributed by atoms with Gasteiger partial charge in [-0.25, -0.2) is 0 Å². The third-order valence-corrected chi connectivity index (χ3v) is 7.06. The van der Waals surface area contributed by atoms with Gasteiger partial charge in [0.2, 0.25) is 5.78 Å². The molecule has 5 rings (SSSR count). The second kappa shape index (κ2) is 7.08. The summed E-state index contributed by atoms with van der Waals surface area (Å²) < 4.78 is 1.93. The summed E-state index contributed by atoms with van der Waals surface area (Å²) in [6, 6.07) is 6.94. The number of aromatic hydroxyl groups is 1. The maximum absolute atomic E-state index is 13.5. The number of benzene rings is 1. The first kappa shape index (κ1) is 21.0. The highest BCUT2D eigenvalue weighted by Gasteiger charge is 2.60. The van der Waals surface area contributed by atoms with Gasteiger partial charge in [-0.3, -0.25) is 14.4 Å². The summed E-state index contributed by atoms with van der Waals surface area (Å²) in [7, 11) is 0. The molecule has 2 aromatic rings. The molecule has 1 fully saturated rings. The van der Waals surface area contributed by atoms with Gasteiger partial charge in [0.05, 0.1) is 5.56 Å². The first-order valence-electron chi connectivity index (χ1n) is 10.6. The highest BCUT2D eigenvalue weighted by Crippen LogP contribution is 2.52. The van der Waals surface area contributed by atoms with Crippen LogP contribution in [-0.2, 0) is 27.3 Å². The number of nitrogens with two attached hydrogens (primary N) is 1. The number of ketones is 2. The summed E-state index contributed by atoms with van der Waals surface area (Å²) in [5.74, 6) is -6.26. The molecule has 33 heavy (non-hydrogen) atoms. The van der Waals surface area contributed by atoms with E-state index in [0.717, 1.165) is 5.56 Å². The molecular formula is C24H22N2O7. The van der Waals surface area contributed by atoms with E-state index < -0.39 is 52.0 Å². The van der Waals surface area contributed by atoms with Gasteiger partial charge in [-0.2, -0.15) is 0 Å². The molecule has 3 aliphatic rings. The van der Waals surface area contributed by atoms with Crippen molar-refractivity contribution in [3.8, 4) is 5.75 Å². The number of fused-ring (bicyclic) bond motifs is 3. The largest absolute Gasteiger partial charge is 0.508 e. The van der Waals surface area contributed by atoms with E-state index in [2.05, 4.69) is 0 Å². The zero-order valence-corrected chi connectivity index (χ0v) is 17.5. The van der Waals surface area contributed by atoms with Crippen molar-refractivity contribution in [2.24, 2.45) is 17.6 Å². The Labute approximate surface area is 188 Å². The number of carbonyl (C=O) groups excluding carboxylic acids is 3. The lowest BCUT2D eigenvalue weighted by atomic mass is 9.59. The van der Waals surface area contributed by atoms with Crippen molar-refractivity contribution in [3.05, 3.63) is 70.3 Å². The number of phenolic OH excluding ortho intramolecular Hbond substituents is 1. The molecule has 6 N–H and O–H groups in total. The van der Waals surface area contributed by atoms with Crippen molar-refractivity contribution in [1.29, 1.82) is 0 Å². The molecule has 170 valence electrons. The number of aliphatic hydroxyl groups is 3. The van der Waals surface area contributed by atoms with Crippen LogP contribution in [0.15, 0.2) is 53.6 Å². The number of rotatable bonds is 3. The summed E-state index contributed by atoms with van der Waals surface area (Å²) in [6.07, 6.45) is 3.83. The fourth-order valence-corrected chi connectivity index (χ4v) is 5.51. The third-order valence-electron chi connectivity index (χ3n) is 7.06. The van der Waals surface area contributed by atoms with Crippen LogP contribution in [0.4, 0.5) is 0 Å². The average molecular weight is 450 g/mol. The van der Waals surface area contributed by atoms with Gasteiger partial charge >= 0.3 is 0 Å². The number of aliphatic hydroxyl groups excluding tert-OH is 2. The van der Waals surface area contributed by atoms with Crippen molar-refractivity contribution in [2.45, 2.75) is 31.4 Å². The van der Waals surface area contributed by atoms with Crippen LogP contribution < -0.4 is 5.73 Å². The van der Waals surface area contributed by atoms with E-state index >= 15 is 0 Å². The van der Waals surface area contributed by atoms with E-state index in [1.165, 1.54) is 6.07 Å². The second-order valence-corrected chi connectivity index (χ2v) is 8.86. The van der Waals surface area contributed by atoms with Gasteiger partial charge in [0, 0.05) is 36.9 Å². The number of carbonyl (C=O) groups is 3. The summed E-state index contributed by atoms with van der Waals surface area (Å²) >= 11 is 0. The number of amides is 1. The highest BCUT2D eigenvalue weighted by atomic mass is 16.3. The maximum atomic E-state index is 13.5. The summed E-state index contributed by atoms with van der Waals surface area (Å²) in [5, 5.41) is 43.4. The van der Waals surface area contributed by atoms with Gasteiger partial charge in [-0.05, 0) is 48.1 Å². The number of primary amides is 1. The molecule has 1 aromatic carbocycles. The number of Topliss-reactive ketones (excluding diaryl/α,β-unsaturated/α-hetero) is 2. The Morgan fingerprint density at radius 1 is 1.12 bits per heavy atom. The lowest BCUT2D eigenvalue weighted by molar-refractivity contribution is -0.147. The smallest absolute Gasteiger partial charge is 0.255 e. The minimum absolute atomic E-state index is 0.104. The Balaban J connectivity index is 1.66. The molecule has 0 spiro atoms. The Hall–Kier alpha value is -3.85. The van der Waals surface area contributed by atoms with Crippen LogP contribution in [0.3, 0.4) is 0 Å². The van der Waals surface area contributed by atoms with E-state index in [-0.39, 0.29) is 29.7 Å². The van der Waals surface area contributed by atoms with Crippen LogP contribution in [0.5, 0.6) is 5.75 Å². The zero-order chi connectivity index (χ0) is 23.7. The molecule has 1 heterocycles. The highest BCUT2D eigenvalue weighted by molar-refractivity contribution is 6.22. The SMILES string of the molecule is NC(=O)C1=C(O)[C@@]2(O)C(=O)C3=C(O)c4c(O)ccc(Cn5cccc5)c4CC3CC2CC1=O. The number of nitrogens with zero attached hydrogens (tertiary/aromatic N) is 1. The summed E-state index contributed by atoms with van der Waals surface area (Å²) in [5.41, 5.74) is 3.33. The minimum atomic E-state index is -2.55. The van der Waals surface area contributed by atoms with E-state index in [4.69, 9.17) is 5.73 Å². The predicted octanol–water partition coefficient (Wildman–Crippen LogP) is 1.27. The van der Waals surface area contributed by atoms with Gasteiger partial charge in [-0.1, -0.05) is 6.07 Å². The zero-order valence-electron chi connectivity index (χ0n) is 17.5. The molecule has 0 saturated heterocycles. The van der Waals surface area contributed by atoms with E-state index in [9.17, 15) is 34.8 Å². The molecule has 9 nitrogen and oxygen atoms in total. The van der Waals surface area contributed by atoms with Gasteiger partial charge in [0.1, 0.15) is 22.8 Å². The van der Waals surface area contributed by atoms with Crippen LogP contribution in [0.1, 0.15) is 29.5 Å². The first-order chi connectivity index (χ1) is 15.6. The molecule has 9 heteroatoms. The van der Waals surface area contributed by atoms with Crippen molar-refractivity contribution < 1.29 is 34.8 Å². The van der Waals surface area contributed by atoms with Crippen LogP contribution in [0.25, 0.3) is 5.76 Å². The fourth-order valence-electron chi connectivity index (χ4n) is 5.51. The molecule has 1 amide bonds. The second-order valence-electron chi connectivity index (χ2n) is 8.86. The van der Waals surface area contributed by atoms with Gasteiger partial charge in [0.15, 0.2) is 11.4 Å². The molecule has 0 aliphatic heterocycles. The Morgan fingerprint density at radius 3 is 2.48 bits per heavy atom. The maximum Gasteiger partial charge on any atom is 0.255 e. The molecular weight excluding hydrogens is 428 g/mol. The lowest BCUT2D eigenvalue weighted by Crippen LogP contribution is -2.58. The molecule has 1 saturated carbocycles. The van der Waals surface area contributed by atoms with Gasteiger partial charge < -0.3 is 30.7 Å². The third kappa shape index (κ3) is 2.85. The number of hydrogen-bond donors (Lipinski definition) is 5. The number of hydrogen-bond acceptors (Lipinski definition) is 7. The Kier molecular flexibility index (Phi) is 4.51. The van der Waals surface area contributed by atoms with Crippen molar-refractivity contribution in [1.82, 2.24) is 4.57 Å². The molecule has 1 aromatic heterocycles. The van der Waals surface area contributed by atoms with E-state index in [1.54, 1.807) is 6.07 Å². The molecule has 0 radical (unpaired) electrons. The minimum Gasteiger partial charge on any atom is -0.508 e. The van der Waals surface area contributed by atoms with Gasteiger partial charge in [-0.15, -0.1) is 0 Å². The standard InChI is InChI=1S/C24H22N2O7/c25-23(32)19-16(28)9-13-7-12-8-14-11(10-26-5-1-2-6-26)3-4-15(27)18(14)20(29)17(12)21(30)24(13,33)22(19)31/h1-6,12-13,27,29,31,33H,7-10H2,(H2,25,32)/t12?,13?,24-/m0/s1. The average Bonchev–Trinajstić information content (AvgIpc) is 3.25. The molecule has 3 aliphatic carbocycles. The fraction of sp³-hybridized carbons (Fsp3) is 0.292. The molecule has 0 bridgehead atoms. The Morgan fingerprint density at radius 2 is 1.82 bits per heavy atom. The van der Waals surface area contributed by atoms with Gasteiger partial charge in [0.25, 0.3) is 5.91 Å². The summed E-state index contributed by atoms with van der Waals surface area (Å²) in [6.45, 7) is 0.482. The Bertz CT molecular complexity index is 1290. The normalized spacial score (nSPS) is 26.7. The lowest BCUT2D eigenvalue weighted by Gasteiger charge is -2.46. The van der Waals surface area contributed by atoms with E-state index in [0.29, 0.717) is 18.5 Å². The summed E-state index contributed by atoms with van der Waals surface area (Å²) in [4.78, 5) is 37.6. The van der Waals surface area contributed by atoms with Crippen LogP contribution in [0.2, 0.25) is 0 Å². The van der Waals surface area contributed by atoms with Crippen LogP contribution >= 0.6 is 0 Å².